The second kappa shape index (κ2) is 5.00. The first-order chi connectivity index (χ1) is 9.54. The normalized spacial score (nSPS) is 41.5. The number of esters is 2. The number of hydrogen-bond donors (Lipinski definition) is 1. The molecule has 0 heterocycles. The van der Waals surface area contributed by atoms with Crippen molar-refractivity contribution in [1.29, 1.82) is 0 Å². The third-order valence-corrected chi connectivity index (χ3v) is 5.18. The molecule has 112 valence electrons. The lowest BCUT2D eigenvalue weighted by atomic mass is 9.48. The molecule has 20 heavy (non-hydrogen) atoms. The van der Waals surface area contributed by atoms with Crippen molar-refractivity contribution >= 4 is 11.9 Å². The van der Waals surface area contributed by atoms with Crippen LogP contribution in [0.1, 0.15) is 39.0 Å². The first kappa shape index (κ1) is 13.8. The van der Waals surface area contributed by atoms with Crippen molar-refractivity contribution in [3.8, 4) is 0 Å². The summed E-state index contributed by atoms with van der Waals surface area (Å²) in [5.41, 5.74) is -0.411. The Kier molecular flexibility index (Phi) is 3.46. The molecule has 2 atom stereocenters. The van der Waals surface area contributed by atoms with Crippen molar-refractivity contribution in [1.82, 2.24) is 0 Å². The van der Waals surface area contributed by atoms with Gasteiger partial charge in [-0.15, -0.1) is 0 Å². The maximum atomic E-state index is 12.3. The molecule has 0 aliphatic heterocycles. The molecule has 0 saturated heterocycles. The molecule has 2 unspecified atom stereocenters. The third kappa shape index (κ3) is 2.20. The molecule has 0 amide bonds. The van der Waals surface area contributed by atoms with Crippen LogP contribution in [-0.4, -0.2) is 24.8 Å². The van der Waals surface area contributed by atoms with Crippen molar-refractivity contribution in [2.45, 2.75) is 45.1 Å². The number of carbonyl (C=O) groups is 2. The van der Waals surface area contributed by atoms with Crippen molar-refractivity contribution < 1.29 is 23.9 Å². The lowest BCUT2D eigenvalue weighted by Crippen LogP contribution is -2.57. The predicted octanol–water partition coefficient (Wildman–Crippen LogP) is 1.14. The molecule has 4 rings (SSSR count). The van der Waals surface area contributed by atoms with Crippen LogP contribution in [0, 0.1) is 23.2 Å². The summed E-state index contributed by atoms with van der Waals surface area (Å²) in [6.07, 6.45) is 4.47. The second-order valence-corrected chi connectivity index (χ2v) is 6.54. The number of carbonyl (C=O) groups excluding carboxylic acids is 2. The molecule has 0 aromatic carbocycles. The molecule has 0 aromatic heterocycles. The second-order valence-electron chi connectivity index (χ2n) is 6.54. The van der Waals surface area contributed by atoms with Crippen LogP contribution in [0.25, 0.3) is 0 Å². The number of rotatable bonds is 4. The Labute approximate surface area is 117 Å². The Hall–Kier alpha value is -1.14. The highest BCUT2D eigenvalue weighted by atomic mass is 16.7. The van der Waals surface area contributed by atoms with E-state index >= 15 is 0 Å². The average molecular weight is 283 g/mol. The van der Waals surface area contributed by atoms with Crippen molar-refractivity contribution in [2.75, 3.05) is 6.79 Å². The van der Waals surface area contributed by atoms with Gasteiger partial charge in [0.05, 0.1) is 5.41 Å². The van der Waals surface area contributed by atoms with Gasteiger partial charge >= 0.3 is 11.9 Å². The van der Waals surface area contributed by atoms with Crippen molar-refractivity contribution in [3.05, 3.63) is 0 Å². The van der Waals surface area contributed by atoms with E-state index in [1.165, 1.54) is 6.92 Å². The van der Waals surface area contributed by atoms with Crippen molar-refractivity contribution in [3.63, 3.8) is 0 Å². The molecule has 4 saturated carbocycles. The Morgan fingerprint density at radius 2 is 1.85 bits per heavy atom. The quantitative estimate of drug-likeness (QED) is 0.473. The van der Waals surface area contributed by atoms with Crippen molar-refractivity contribution in [2.24, 2.45) is 29.1 Å². The van der Waals surface area contributed by atoms with E-state index in [4.69, 9.17) is 15.4 Å². The van der Waals surface area contributed by atoms with Gasteiger partial charge in [-0.1, -0.05) is 0 Å². The first-order valence-electron chi connectivity index (χ1n) is 7.20. The van der Waals surface area contributed by atoms with E-state index in [-0.39, 0.29) is 36.7 Å². The van der Waals surface area contributed by atoms with Gasteiger partial charge in [-0.05, 0) is 49.9 Å². The highest BCUT2D eigenvalue weighted by Gasteiger charge is 2.60. The highest BCUT2D eigenvalue weighted by Crippen LogP contribution is 2.61. The molecule has 4 aliphatic carbocycles. The van der Waals surface area contributed by atoms with E-state index in [2.05, 4.69) is 4.84 Å². The lowest BCUT2D eigenvalue weighted by molar-refractivity contribution is -0.201. The summed E-state index contributed by atoms with van der Waals surface area (Å²) < 4.78 is 10.6. The van der Waals surface area contributed by atoms with Crippen LogP contribution < -0.4 is 5.90 Å². The topological polar surface area (TPSA) is 87.9 Å². The van der Waals surface area contributed by atoms with Crippen LogP contribution in [0.15, 0.2) is 0 Å². The first-order valence-corrected chi connectivity index (χ1v) is 7.20. The maximum Gasteiger partial charge on any atom is 0.314 e. The zero-order valence-corrected chi connectivity index (χ0v) is 11.7. The fraction of sp³-hybridized carbons (Fsp3) is 0.857. The molecule has 0 radical (unpaired) electrons. The van der Waals surface area contributed by atoms with E-state index in [9.17, 15) is 9.59 Å². The minimum Gasteiger partial charge on any atom is -0.462 e. The number of nitrogens with two attached hydrogens (primary N) is 1. The van der Waals surface area contributed by atoms with E-state index < -0.39 is 5.41 Å². The standard InChI is InChI=1S/C14H21NO5/c1-8(16)20-12-10-2-9-3-11(12)6-14(4-9,5-10)13(17)18-7-19-15/h9-12H,2-7,15H2,1H3. The van der Waals surface area contributed by atoms with Gasteiger partial charge in [0.2, 0.25) is 6.79 Å². The van der Waals surface area contributed by atoms with Crippen LogP contribution >= 0.6 is 0 Å². The summed E-state index contributed by atoms with van der Waals surface area (Å²) >= 11 is 0. The summed E-state index contributed by atoms with van der Waals surface area (Å²) in [6, 6.07) is 0. The van der Waals surface area contributed by atoms with Gasteiger partial charge in [0.1, 0.15) is 6.10 Å². The van der Waals surface area contributed by atoms with Crippen LogP contribution in [-0.2, 0) is 23.9 Å². The third-order valence-electron chi connectivity index (χ3n) is 5.18. The molecular weight excluding hydrogens is 262 g/mol. The fourth-order valence-electron chi connectivity index (χ4n) is 4.85. The van der Waals surface area contributed by atoms with Gasteiger partial charge < -0.3 is 9.47 Å². The van der Waals surface area contributed by atoms with Gasteiger partial charge in [0.15, 0.2) is 0 Å². The Balaban J connectivity index is 1.75. The zero-order chi connectivity index (χ0) is 14.3. The molecule has 2 N–H and O–H groups in total. The molecule has 6 heteroatoms. The van der Waals surface area contributed by atoms with E-state index in [0.717, 1.165) is 32.1 Å². The predicted molar refractivity (Wildman–Crippen MR) is 67.8 cm³/mol. The van der Waals surface area contributed by atoms with Crippen LogP contribution in [0.4, 0.5) is 0 Å². The summed E-state index contributed by atoms with van der Waals surface area (Å²) in [6.45, 7) is 1.25. The molecule has 4 aliphatic rings. The van der Waals surface area contributed by atoms with Gasteiger partial charge in [-0.3, -0.25) is 14.4 Å². The molecule has 0 aromatic rings. The fourth-order valence-corrected chi connectivity index (χ4v) is 4.85. The minimum absolute atomic E-state index is 0.0178. The van der Waals surface area contributed by atoms with Gasteiger partial charge in [0.25, 0.3) is 0 Å². The zero-order valence-electron chi connectivity index (χ0n) is 11.7. The van der Waals surface area contributed by atoms with Gasteiger partial charge in [0, 0.05) is 6.92 Å². The number of hydrogen-bond acceptors (Lipinski definition) is 6. The number of ether oxygens (including phenoxy) is 2. The largest absolute Gasteiger partial charge is 0.462 e. The van der Waals surface area contributed by atoms with E-state index in [1.54, 1.807) is 0 Å². The highest BCUT2D eigenvalue weighted by molar-refractivity contribution is 5.77. The van der Waals surface area contributed by atoms with Gasteiger partial charge in [-0.2, -0.15) is 0 Å². The van der Waals surface area contributed by atoms with Crippen LogP contribution in [0.5, 0.6) is 0 Å². The summed E-state index contributed by atoms with van der Waals surface area (Å²) in [5, 5.41) is 0. The summed E-state index contributed by atoms with van der Waals surface area (Å²) in [7, 11) is 0. The molecule has 0 spiro atoms. The Morgan fingerprint density at radius 1 is 1.20 bits per heavy atom. The van der Waals surface area contributed by atoms with Crippen LogP contribution in [0.2, 0.25) is 0 Å². The monoisotopic (exact) mass is 283 g/mol. The minimum atomic E-state index is -0.411. The Morgan fingerprint density at radius 3 is 2.40 bits per heavy atom. The smallest absolute Gasteiger partial charge is 0.314 e. The van der Waals surface area contributed by atoms with Crippen LogP contribution in [0.3, 0.4) is 0 Å². The summed E-state index contributed by atoms with van der Waals surface area (Å²) in [5.74, 6) is 5.60. The van der Waals surface area contributed by atoms with E-state index in [1.807, 2.05) is 0 Å². The summed E-state index contributed by atoms with van der Waals surface area (Å²) in [4.78, 5) is 27.9. The molecular formula is C14H21NO5. The van der Waals surface area contributed by atoms with Gasteiger partial charge in [-0.25, -0.2) is 5.90 Å². The SMILES string of the molecule is CC(=O)OC1C2CC3CC1CC(C(=O)OCON)(C3)C2. The lowest BCUT2D eigenvalue weighted by Gasteiger charge is -2.57. The maximum absolute atomic E-state index is 12.3. The molecule has 4 bridgehead atoms. The van der Waals surface area contributed by atoms with E-state index in [0.29, 0.717) is 5.92 Å². The molecule has 6 nitrogen and oxygen atoms in total. The molecule has 4 fully saturated rings. The Bertz CT molecular complexity index is 408. The average Bonchev–Trinajstić information content (AvgIpc) is 2.39.